The summed E-state index contributed by atoms with van der Waals surface area (Å²) in [6, 6.07) is 0.181. The van der Waals surface area contributed by atoms with Crippen molar-refractivity contribution in [3.63, 3.8) is 0 Å². The van der Waals surface area contributed by atoms with Crippen LogP contribution >= 0.6 is 0 Å². The van der Waals surface area contributed by atoms with Gasteiger partial charge in [0, 0.05) is 31.8 Å². The van der Waals surface area contributed by atoms with Crippen LogP contribution in [0.3, 0.4) is 0 Å². The zero-order valence-electron chi connectivity index (χ0n) is 14.5. The molecule has 1 aliphatic heterocycles. The Bertz CT molecular complexity index is 490. The molecule has 0 saturated carbocycles. The van der Waals surface area contributed by atoms with E-state index in [1.54, 1.807) is 7.05 Å². The number of hydrogen-bond acceptors (Lipinski definition) is 5. The lowest BCUT2D eigenvalue weighted by molar-refractivity contribution is 0.0347. The van der Waals surface area contributed by atoms with Crippen molar-refractivity contribution in [3.8, 4) is 0 Å². The van der Waals surface area contributed by atoms with Crippen LogP contribution in [0.15, 0.2) is 9.52 Å². The summed E-state index contributed by atoms with van der Waals surface area (Å²) in [5, 5.41) is 10.6. The van der Waals surface area contributed by atoms with Gasteiger partial charge in [-0.05, 0) is 33.6 Å². The molecule has 2 unspecified atom stereocenters. The van der Waals surface area contributed by atoms with Gasteiger partial charge in [-0.3, -0.25) is 4.99 Å². The number of hydrogen-bond donors (Lipinski definition) is 2. The minimum absolute atomic E-state index is 0.181. The quantitative estimate of drug-likeness (QED) is 0.579. The Labute approximate surface area is 137 Å². The molecule has 2 heterocycles. The second-order valence-corrected chi connectivity index (χ2v) is 5.92. The fraction of sp³-hybridized carbons (Fsp3) is 0.750. The topological polar surface area (TPSA) is 80.9 Å². The van der Waals surface area contributed by atoms with E-state index in [0.717, 1.165) is 49.0 Å². The van der Waals surface area contributed by atoms with Crippen LogP contribution in [0.25, 0.3) is 0 Å². The fourth-order valence-corrected chi connectivity index (χ4v) is 2.56. The van der Waals surface area contributed by atoms with Crippen molar-refractivity contribution in [1.29, 1.82) is 0 Å². The van der Waals surface area contributed by atoms with Gasteiger partial charge >= 0.3 is 0 Å². The molecule has 1 aliphatic rings. The molecule has 130 valence electrons. The third-order valence-electron chi connectivity index (χ3n) is 3.93. The summed E-state index contributed by atoms with van der Waals surface area (Å²) in [7, 11) is 1.77. The number of aryl methyl sites for hydroxylation is 2. The molecule has 23 heavy (non-hydrogen) atoms. The van der Waals surface area contributed by atoms with E-state index in [1.165, 1.54) is 0 Å². The van der Waals surface area contributed by atoms with E-state index in [2.05, 4.69) is 27.7 Å². The second kappa shape index (κ2) is 8.88. The Morgan fingerprint density at radius 3 is 2.91 bits per heavy atom. The summed E-state index contributed by atoms with van der Waals surface area (Å²) in [4.78, 5) is 4.25. The van der Waals surface area contributed by atoms with Crippen molar-refractivity contribution in [2.24, 2.45) is 4.99 Å². The van der Waals surface area contributed by atoms with E-state index < -0.39 is 0 Å². The van der Waals surface area contributed by atoms with Crippen molar-refractivity contribution in [1.82, 2.24) is 15.8 Å². The predicted molar refractivity (Wildman–Crippen MR) is 88.8 cm³/mol. The van der Waals surface area contributed by atoms with Crippen LogP contribution in [0.5, 0.6) is 0 Å². The summed E-state index contributed by atoms with van der Waals surface area (Å²) in [5.41, 5.74) is 2.11. The number of nitrogens with zero attached hydrogens (tertiary/aromatic N) is 2. The Hall–Kier alpha value is -1.60. The minimum Gasteiger partial charge on any atom is -0.379 e. The monoisotopic (exact) mass is 324 g/mol. The lowest BCUT2D eigenvalue weighted by atomic mass is 10.1. The van der Waals surface area contributed by atoms with Gasteiger partial charge in [0.2, 0.25) is 0 Å². The van der Waals surface area contributed by atoms with Crippen LogP contribution in [0.2, 0.25) is 0 Å². The average Bonchev–Trinajstić information content (AvgIpc) is 3.16. The molecule has 0 bridgehead atoms. The molecular formula is C16H28N4O3. The first kappa shape index (κ1) is 17.7. The van der Waals surface area contributed by atoms with Gasteiger partial charge < -0.3 is 24.6 Å². The molecule has 1 aromatic rings. The number of guanidine groups is 1. The molecular weight excluding hydrogens is 296 g/mol. The molecule has 0 spiro atoms. The second-order valence-electron chi connectivity index (χ2n) is 5.92. The van der Waals surface area contributed by atoms with Gasteiger partial charge in [-0.1, -0.05) is 5.16 Å². The number of aliphatic imine (C=N–C) groups is 1. The van der Waals surface area contributed by atoms with Crippen LogP contribution in [-0.2, 0) is 15.9 Å². The van der Waals surface area contributed by atoms with E-state index >= 15 is 0 Å². The van der Waals surface area contributed by atoms with Gasteiger partial charge in [0.05, 0.1) is 25.0 Å². The molecule has 1 aromatic heterocycles. The highest BCUT2D eigenvalue weighted by Gasteiger charge is 2.17. The number of rotatable bonds is 7. The van der Waals surface area contributed by atoms with Crippen molar-refractivity contribution in [2.75, 3.05) is 33.4 Å². The van der Waals surface area contributed by atoms with Crippen LogP contribution in [0.4, 0.5) is 0 Å². The Morgan fingerprint density at radius 2 is 2.30 bits per heavy atom. The van der Waals surface area contributed by atoms with Crippen molar-refractivity contribution in [2.45, 2.75) is 45.8 Å². The largest absolute Gasteiger partial charge is 0.379 e. The summed E-state index contributed by atoms with van der Waals surface area (Å²) in [5.74, 6) is 1.66. The van der Waals surface area contributed by atoms with E-state index in [4.69, 9.17) is 14.0 Å². The maximum atomic E-state index is 5.81. The highest BCUT2D eigenvalue weighted by molar-refractivity contribution is 5.79. The maximum Gasteiger partial charge on any atom is 0.191 e. The van der Waals surface area contributed by atoms with E-state index in [9.17, 15) is 0 Å². The SMILES string of the molecule is CN=C(NCCc1c(C)noc1C)NC(C)COC1CCOC1. The van der Waals surface area contributed by atoms with E-state index in [1.807, 2.05) is 13.8 Å². The highest BCUT2D eigenvalue weighted by atomic mass is 16.5. The predicted octanol–water partition coefficient (Wildman–Crippen LogP) is 1.19. The van der Waals surface area contributed by atoms with Crippen molar-refractivity contribution >= 4 is 5.96 Å². The first-order valence-corrected chi connectivity index (χ1v) is 8.18. The number of aromatic nitrogens is 1. The van der Waals surface area contributed by atoms with E-state index in [0.29, 0.717) is 13.2 Å². The minimum atomic E-state index is 0.181. The van der Waals surface area contributed by atoms with Gasteiger partial charge in [0.25, 0.3) is 0 Å². The lowest BCUT2D eigenvalue weighted by Crippen LogP contribution is -2.45. The van der Waals surface area contributed by atoms with Crippen LogP contribution in [-0.4, -0.2) is 56.7 Å². The summed E-state index contributed by atoms with van der Waals surface area (Å²) >= 11 is 0. The summed E-state index contributed by atoms with van der Waals surface area (Å²) < 4.78 is 16.3. The first-order chi connectivity index (χ1) is 11.1. The normalized spacial score (nSPS) is 19.8. The average molecular weight is 324 g/mol. The molecule has 1 saturated heterocycles. The number of ether oxygens (including phenoxy) is 2. The molecule has 2 rings (SSSR count). The van der Waals surface area contributed by atoms with Crippen LogP contribution in [0, 0.1) is 13.8 Å². The lowest BCUT2D eigenvalue weighted by Gasteiger charge is -2.19. The van der Waals surface area contributed by atoms with Gasteiger partial charge in [0.15, 0.2) is 5.96 Å². The van der Waals surface area contributed by atoms with Gasteiger partial charge in [-0.25, -0.2) is 0 Å². The first-order valence-electron chi connectivity index (χ1n) is 8.18. The van der Waals surface area contributed by atoms with Gasteiger partial charge in [-0.2, -0.15) is 0 Å². The zero-order chi connectivity index (χ0) is 16.7. The molecule has 0 amide bonds. The molecule has 1 fully saturated rings. The molecule has 2 atom stereocenters. The molecule has 7 nitrogen and oxygen atoms in total. The van der Waals surface area contributed by atoms with Crippen molar-refractivity contribution < 1.29 is 14.0 Å². The third kappa shape index (κ3) is 5.51. The fourth-order valence-electron chi connectivity index (χ4n) is 2.56. The van der Waals surface area contributed by atoms with Crippen LogP contribution < -0.4 is 10.6 Å². The molecule has 7 heteroatoms. The standard InChI is InChI=1S/C16H28N4O3/c1-11(9-22-14-6-8-21-10-14)19-16(17-4)18-7-5-15-12(2)20-23-13(15)3/h11,14H,5-10H2,1-4H3,(H2,17,18,19). The Morgan fingerprint density at radius 1 is 1.48 bits per heavy atom. The molecule has 2 N–H and O–H groups in total. The summed E-state index contributed by atoms with van der Waals surface area (Å²) in [6.07, 6.45) is 2.07. The van der Waals surface area contributed by atoms with Crippen LogP contribution in [0.1, 0.15) is 30.4 Å². The Balaban J connectivity index is 1.68. The van der Waals surface area contributed by atoms with Gasteiger partial charge in [-0.15, -0.1) is 0 Å². The summed E-state index contributed by atoms with van der Waals surface area (Å²) in [6.45, 7) is 8.90. The number of nitrogens with one attached hydrogen (secondary N) is 2. The smallest absolute Gasteiger partial charge is 0.191 e. The third-order valence-corrected chi connectivity index (χ3v) is 3.93. The highest BCUT2D eigenvalue weighted by Crippen LogP contribution is 2.12. The Kier molecular flexibility index (Phi) is 6.85. The zero-order valence-corrected chi connectivity index (χ0v) is 14.5. The maximum absolute atomic E-state index is 5.81. The molecule has 0 aliphatic carbocycles. The molecule has 0 aromatic carbocycles. The molecule has 0 radical (unpaired) electrons. The van der Waals surface area contributed by atoms with Crippen molar-refractivity contribution in [3.05, 3.63) is 17.0 Å². The van der Waals surface area contributed by atoms with Gasteiger partial charge in [0.1, 0.15) is 5.76 Å². The van der Waals surface area contributed by atoms with E-state index in [-0.39, 0.29) is 12.1 Å².